The molecule has 0 bridgehead atoms. The average Bonchev–Trinajstić information content (AvgIpc) is 3.17. The number of hydrogen-bond acceptors (Lipinski definition) is 4. The number of nitrogens with two attached hydrogens (primary N) is 2. The van der Waals surface area contributed by atoms with Gasteiger partial charge in [0.15, 0.2) is 5.96 Å². The fourth-order valence-electron chi connectivity index (χ4n) is 2.37. The lowest BCUT2D eigenvalue weighted by molar-refractivity contribution is -0.306. The van der Waals surface area contributed by atoms with Gasteiger partial charge in [0.05, 0.1) is 6.61 Å². The van der Waals surface area contributed by atoms with Crippen LogP contribution in [0.1, 0.15) is 30.7 Å². The van der Waals surface area contributed by atoms with Crippen molar-refractivity contribution < 1.29 is 14.6 Å². The zero-order valence-corrected chi connectivity index (χ0v) is 11.8. The third kappa shape index (κ3) is 4.98. The topological polar surface area (TPSA) is 114 Å². The maximum atomic E-state index is 10.5. The molecule has 114 valence electrons. The maximum absolute atomic E-state index is 10.5. The van der Waals surface area contributed by atoms with E-state index in [1.54, 1.807) is 0 Å². The van der Waals surface area contributed by atoms with Crippen LogP contribution in [-0.2, 0) is 4.79 Å². The molecule has 1 aliphatic rings. The van der Waals surface area contributed by atoms with Gasteiger partial charge in [-0.05, 0) is 42.4 Å². The van der Waals surface area contributed by atoms with E-state index < -0.39 is 5.97 Å². The van der Waals surface area contributed by atoms with Crippen LogP contribution in [0.15, 0.2) is 29.3 Å². The van der Waals surface area contributed by atoms with E-state index in [2.05, 4.69) is 4.99 Å². The molecule has 1 aromatic rings. The summed E-state index contributed by atoms with van der Waals surface area (Å²) in [4.78, 5) is 14.4. The second-order valence-electron chi connectivity index (χ2n) is 5.26. The number of hydrogen-bond donors (Lipinski definition) is 2. The van der Waals surface area contributed by atoms with Crippen molar-refractivity contribution in [2.75, 3.05) is 13.2 Å². The number of nitrogens with zero attached hydrogens (tertiary/aromatic N) is 1. The minimum absolute atomic E-state index is 0.0925. The molecular formula is C15H20N3O3-. The van der Waals surface area contributed by atoms with E-state index in [0.717, 1.165) is 24.2 Å². The summed E-state index contributed by atoms with van der Waals surface area (Å²) >= 11 is 0. The normalized spacial score (nSPS) is 19.8. The van der Waals surface area contributed by atoms with E-state index in [4.69, 9.17) is 16.2 Å². The summed E-state index contributed by atoms with van der Waals surface area (Å²) in [6.45, 7) is 1.10. The predicted octanol–water partition coefficient (Wildman–Crippen LogP) is -0.0276. The highest BCUT2D eigenvalue weighted by molar-refractivity contribution is 5.75. The molecule has 21 heavy (non-hydrogen) atoms. The van der Waals surface area contributed by atoms with Crippen molar-refractivity contribution in [3.63, 3.8) is 0 Å². The Balaban J connectivity index is 1.73. The number of benzene rings is 1. The van der Waals surface area contributed by atoms with Crippen LogP contribution in [0.25, 0.3) is 0 Å². The largest absolute Gasteiger partial charge is 0.550 e. The van der Waals surface area contributed by atoms with Crippen molar-refractivity contribution >= 4 is 11.9 Å². The summed E-state index contributed by atoms with van der Waals surface area (Å²) in [5, 5.41) is 10.5. The monoisotopic (exact) mass is 290 g/mol. The first kappa shape index (κ1) is 15.2. The molecule has 1 aliphatic carbocycles. The molecule has 1 fully saturated rings. The van der Waals surface area contributed by atoms with Crippen molar-refractivity contribution in [3.8, 4) is 5.75 Å². The van der Waals surface area contributed by atoms with Crippen LogP contribution in [0, 0.1) is 5.92 Å². The fourth-order valence-corrected chi connectivity index (χ4v) is 2.37. The second kappa shape index (κ2) is 6.97. The molecule has 0 aliphatic heterocycles. The molecule has 0 saturated heterocycles. The summed E-state index contributed by atoms with van der Waals surface area (Å²) in [6, 6.07) is 7.80. The second-order valence-corrected chi connectivity index (χ2v) is 5.26. The lowest BCUT2D eigenvalue weighted by atomic mass is 10.1. The van der Waals surface area contributed by atoms with E-state index in [9.17, 15) is 9.90 Å². The van der Waals surface area contributed by atoms with Crippen LogP contribution in [0.5, 0.6) is 5.75 Å². The van der Waals surface area contributed by atoms with Crippen molar-refractivity contribution in [1.82, 2.24) is 0 Å². The molecule has 0 aromatic heterocycles. The van der Waals surface area contributed by atoms with Crippen molar-refractivity contribution in [2.45, 2.75) is 25.2 Å². The Morgan fingerprint density at radius 2 is 2.05 bits per heavy atom. The van der Waals surface area contributed by atoms with E-state index in [0.29, 0.717) is 19.1 Å². The lowest BCUT2D eigenvalue weighted by Gasteiger charge is -2.07. The Labute approximate surface area is 123 Å². The lowest BCUT2D eigenvalue weighted by Crippen LogP contribution is -2.23. The summed E-state index contributed by atoms with van der Waals surface area (Å²) in [7, 11) is 0. The highest BCUT2D eigenvalue weighted by atomic mass is 16.5. The maximum Gasteiger partial charge on any atom is 0.185 e. The van der Waals surface area contributed by atoms with Gasteiger partial charge in [-0.15, -0.1) is 0 Å². The Morgan fingerprint density at radius 3 is 2.67 bits per heavy atom. The predicted molar refractivity (Wildman–Crippen MR) is 77.7 cm³/mol. The molecule has 0 amide bonds. The average molecular weight is 290 g/mol. The molecule has 6 heteroatoms. The number of carbonyl (C=O) groups is 1. The summed E-state index contributed by atoms with van der Waals surface area (Å²) in [5.74, 6) is 0.485. The number of aliphatic imine (C=N–C) groups is 1. The number of rotatable bonds is 8. The summed E-state index contributed by atoms with van der Waals surface area (Å²) in [6.07, 6.45) is 1.82. The Bertz CT molecular complexity index is 509. The van der Waals surface area contributed by atoms with Gasteiger partial charge < -0.3 is 26.1 Å². The number of carboxylic acids is 1. The number of ether oxygens (including phenoxy) is 1. The molecule has 0 spiro atoms. The Morgan fingerprint density at radius 1 is 1.33 bits per heavy atom. The van der Waals surface area contributed by atoms with Gasteiger partial charge in [0.2, 0.25) is 0 Å². The van der Waals surface area contributed by atoms with Crippen LogP contribution in [0.3, 0.4) is 0 Å². The van der Waals surface area contributed by atoms with E-state index in [1.807, 2.05) is 24.3 Å². The minimum atomic E-state index is -0.969. The molecule has 2 atom stereocenters. The third-order valence-corrected chi connectivity index (χ3v) is 3.53. The van der Waals surface area contributed by atoms with Crippen LogP contribution >= 0.6 is 0 Å². The number of carbonyl (C=O) groups excluding carboxylic acids is 1. The minimum Gasteiger partial charge on any atom is -0.550 e. The van der Waals surface area contributed by atoms with Gasteiger partial charge in [0.25, 0.3) is 0 Å². The third-order valence-electron chi connectivity index (χ3n) is 3.53. The molecule has 6 nitrogen and oxygen atoms in total. The van der Waals surface area contributed by atoms with E-state index in [1.165, 1.54) is 0 Å². The van der Waals surface area contributed by atoms with E-state index in [-0.39, 0.29) is 18.3 Å². The summed E-state index contributed by atoms with van der Waals surface area (Å²) in [5.41, 5.74) is 11.6. The fraction of sp³-hybridized carbons (Fsp3) is 0.467. The first-order valence-corrected chi connectivity index (χ1v) is 7.04. The molecular weight excluding hydrogens is 270 g/mol. The molecule has 1 saturated carbocycles. The zero-order valence-electron chi connectivity index (χ0n) is 11.8. The Kier molecular flexibility index (Phi) is 5.03. The quantitative estimate of drug-likeness (QED) is 0.396. The van der Waals surface area contributed by atoms with Gasteiger partial charge in [-0.2, -0.15) is 0 Å². The van der Waals surface area contributed by atoms with Crippen LogP contribution in [0.4, 0.5) is 0 Å². The Hall–Kier alpha value is -2.24. The van der Waals surface area contributed by atoms with Crippen molar-refractivity contribution in [2.24, 2.45) is 22.4 Å². The van der Waals surface area contributed by atoms with Gasteiger partial charge in [0, 0.05) is 18.9 Å². The number of carboxylic acid groups (broad SMARTS) is 1. The molecule has 4 N–H and O–H groups in total. The highest BCUT2D eigenvalue weighted by Crippen LogP contribution is 2.49. The highest BCUT2D eigenvalue weighted by Gasteiger charge is 2.37. The van der Waals surface area contributed by atoms with Crippen LogP contribution < -0.4 is 21.3 Å². The van der Waals surface area contributed by atoms with Gasteiger partial charge in [0.1, 0.15) is 5.75 Å². The van der Waals surface area contributed by atoms with Crippen molar-refractivity contribution in [1.29, 1.82) is 0 Å². The molecule has 0 radical (unpaired) electrons. The first-order valence-electron chi connectivity index (χ1n) is 7.04. The SMILES string of the molecule is NC(N)=NCCCOc1ccc(C2CC2CC(=O)[O-])cc1. The smallest absolute Gasteiger partial charge is 0.185 e. The van der Waals surface area contributed by atoms with Crippen LogP contribution in [-0.4, -0.2) is 25.1 Å². The standard InChI is InChI=1S/C15H21N3O3/c16-15(17)18-6-1-7-21-12-4-2-10(3-5-12)13-8-11(13)9-14(19)20/h2-5,11,13H,1,6-9H2,(H,19,20)(H4,16,17,18)/p-1. The first-order chi connectivity index (χ1) is 10.1. The number of aliphatic carboxylic acids is 1. The van der Waals surface area contributed by atoms with Crippen molar-refractivity contribution in [3.05, 3.63) is 29.8 Å². The molecule has 1 aromatic carbocycles. The van der Waals surface area contributed by atoms with Gasteiger partial charge in [-0.3, -0.25) is 4.99 Å². The molecule has 0 heterocycles. The van der Waals surface area contributed by atoms with Gasteiger partial charge >= 0.3 is 0 Å². The van der Waals surface area contributed by atoms with Gasteiger partial charge in [-0.25, -0.2) is 0 Å². The van der Waals surface area contributed by atoms with E-state index >= 15 is 0 Å². The summed E-state index contributed by atoms with van der Waals surface area (Å²) < 4.78 is 5.58. The zero-order chi connectivity index (χ0) is 15.2. The van der Waals surface area contributed by atoms with Crippen LogP contribution in [0.2, 0.25) is 0 Å². The van der Waals surface area contributed by atoms with Gasteiger partial charge in [-0.1, -0.05) is 12.1 Å². The molecule has 2 unspecified atom stereocenters. The molecule has 2 rings (SSSR count). The number of guanidine groups is 1.